The number of guanidine groups is 1. The molecule has 0 spiro atoms. The Morgan fingerprint density at radius 2 is 2.13 bits per heavy atom. The summed E-state index contributed by atoms with van der Waals surface area (Å²) in [7, 11) is 1.71. The summed E-state index contributed by atoms with van der Waals surface area (Å²) in [5, 5.41) is 7.89. The first-order valence-electron chi connectivity index (χ1n) is 7.83. The number of nitrogens with one attached hydrogen (secondary N) is 3. The van der Waals surface area contributed by atoms with E-state index in [0.29, 0.717) is 6.61 Å². The number of halogens is 1. The van der Waals surface area contributed by atoms with Gasteiger partial charge < -0.3 is 20.4 Å². The molecule has 23 heavy (non-hydrogen) atoms. The second-order valence-electron chi connectivity index (χ2n) is 5.37. The van der Waals surface area contributed by atoms with Gasteiger partial charge in [-0.1, -0.05) is 18.2 Å². The Hall–Kier alpha value is -1.28. The molecule has 0 saturated carbocycles. The summed E-state index contributed by atoms with van der Waals surface area (Å²) >= 11 is 0. The molecule has 1 atom stereocenters. The highest BCUT2D eigenvalue weighted by atomic mass is 127. The normalized spacial score (nSPS) is 12.7. The van der Waals surface area contributed by atoms with Crippen LogP contribution in [0, 0.1) is 0 Å². The largest absolute Gasteiger partial charge is 0.383 e. The number of H-pyrrole nitrogens is 1. The Kier molecular flexibility index (Phi) is 9.01. The lowest BCUT2D eigenvalue weighted by atomic mass is 10.1. The summed E-state index contributed by atoms with van der Waals surface area (Å²) < 4.78 is 5.14. The number of benzene rings is 1. The van der Waals surface area contributed by atoms with Gasteiger partial charge >= 0.3 is 0 Å². The molecule has 1 aromatic carbocycles. The van der Waals surface area contributed by atoms with Crippen molar-refractivity contribution in [2.45, 2.75) is 26.3 Å². The molecule has 1 aromatic heterocycles. The maximum atomic E-state index is 5.14. The molecule has 1 heterocycles. The Labute approximate surface area is 155 Å². The zero-order valence-corrected chi connectivity index (χ0v) is 16.4. The minimum atomic E-state index is 0. The average molecular weight is 430 g/mol. The lowest BCUT2D eigenvalue weighted by Crippen LogP contribution is -2.44. The van der Waals surface area contributed by atoms with Crippen LogP contribution in [-0.2, 0) is 11.2 Å². The minimum Gasteiger partial charge on any atom is -0.383 e. The fourth-order valence-electron chi connectivity index (χ4n) is 2.47. The van der Waals surface area contributed by atoms with Crippen molar-refractivity contribution in [3.63, 3.8) is 0 Å². The second-order valence-corrected chi connectivity index (χ2v) is 5.37. The van der Waals surface area contributed by atoms with E-state index >= 15 is 0 Å². The molecule has 0 aliphatic heterocycles. The number of aromatic amines is 1. The van der Waals surface area contributed by atoms with Gasteiger partial charge in [-0.2, -0.15) is 0 Å². The monoisotopic (exact) mass is 430 g/mol. The molecular weight excluding hydrogens is 403 g/mol. The van der Waals surface area contributed by atoms with E-state index < -0.39 is 0 Å². The van der Waals surface area contributed by atoms with Crippen LogP contribution in [0.1, 0.15) is 19.4 Å². The molecule has 0 aliphatic carbocycles. The SMILES string of the molecule is CCNC(=NCCc1c[nH]c2ccccc12)NC(C)COC.I. The van der Waals surface area contributed by atoms with Crippen LogP contribution >= 0.6 is 24.0 Å². The summed E-state index contributed by atoms with van der Waals surface area (Å²) in [4.78, 5) is 7.95. The van der Waals surface area contributed by atoms with E-state index in [2.05, 4.69) is 58.9 Å². The van der Waals surface area contributed by atoms with Gasteiger partial charge in [-0.05, 0) is 31.9 Å². The van der Waals surface area contributed by atoms with E-state index in [9.17, 15) is 0 Å². The topological polar surface area (TPSA) is 61.4 Å². The van der Waals surface area contributed by atoms with Gasteiger partial charge in [-0.3, -0.25) is 4.99 Å². The van der Waals surface area contributed by atoms with Crippen molar-refractivity contribution in [2.24, 2.45) is 4.99 Å². The quantitative estimate of drug-likeness (QED) is 0.360. The van der Waals surface area contributed by atoms with Crippen LogP contribution in [0.25, 0.3) is 10.9 Å². The molecule has 1 unspecified atom stereocenters. The Bertz CT molecular complexity index is 611. The van der Waals surface area contributed by atoms with Gasteiger partial charge in [0, 0.05) is 43.3 Å². The van der Waals surface area contributed by atoms with Gasteiger partial charge in [-0.15, -0.1) is 24.0 Å². The fourth-order valence-corrected chi connectivity index (χ4v) is 2.47. The van der Waals surface area contributed by atoms with Crippen LogP contribution in [0.5, 0.6) is 0 Å². The number of aliphatic imine (C=N–C) groups is 1. The molecular formula is C17H27IN4O. The van der Waals surface area contributed by atoms with E-state index in [4.69, 9.17) is 4.74 Å². The van der Waals surface area contributed by atoms with Gasteiger partial charge in [0.25, 0.3) is 0 Å². The number of ether oxygens (including phenoxy) is 1. The van der Waals surface area contributed by atoms with E-state index in [1.807, 2.05) is 6.07 Å². The Morgan fingerprint density at radius 3 is 2.87 bits per heavy atom. The van der Waals surface area contributed by atoms with Crippen molar-refractivity contribution in [3.05, 3.63) is 36.0 Å². The summed E-state index contributed by atoms with van der Waals surface area (Å²) in [6.45, 7) is 6.40. The standard InChI is InChI=1S/C17H26N4O.HI/c1-4-18-17(21-13(2)12-22-3)19-10-9-14-11-20-16-8-6-5-7-15(14)16;/h5-8,11,13,20H,4,9-10,12H2,1-3H3,(H2,18,19,21);1H. The average Bonchev–Trinajstić information content (AvgIpc) is 2.91. The van der Waals surface area contributed by atoms with Crippen LogP contribution in [0.2, 0.25) is 0 Å². The van der Waals surface area contributed by atoms with Gasteiger partial charge in [-0.25, -0.2) is 0 Å². The summed E-state index contributed by atoms with van der Waals surface area (Å²) in [6, 6.07) is 8.59. The van der Waals surface area contributed by atoms with Gasteiger partial charge in [0.1, 0.15) is 0 Å². The van der Waals surface area contributed by atoms with Crippen LogP contribution in [0.4, 0.5) is 0 Å². The molecule has 0 saturated heterocycles. The zero-order valence-electron chi connectivity index (χ0n) is 14.1. The number of methoxy groups -OCH3 is 1. The minimum absolute atomic E-state index is 0. The van der Waals surface area contributed by atoms with E-state index in [-0.39, 0.29) is 30.0 Å². The van der Waals surface area contributed by atoms with Gasteiger partial charge in [0.15, 0.2) is 5.96 Å². The van der Waals surface area contributed by atoms with Crippen LogP contribution in [0.3, 0.4) is 0 Å². The second kappa shape index (κ2) is 10.5. The first-order chi connectivity index (χ1) is 10.7. The number of aromatic nitrogens is 1. The van der Waals surface area contributed by atoms with Gasteiger partial charge in [0.2, 0.25) is 0 Å². The third-order valence-corrected chi connectivity index (χ3v) is 3.47. The molecule has 2 rings (SSSR count). The fraction of sp³-hybridized carbons (Fsp3) is 0.471. The lowest BCUT2D eigenvalue weighted by Gasteiger charge is -2.16. The molecule has 128 valence electrons. The molecule has 0 radical (unpaired) electrons. The summed E-state index contributed by atoms with van der Waals surface area (Å²) in [5.41, 5.74) is 2.49. The highest BCUT2D eigenvalue weighted by Crippen LogP contribution is 2.17. The van der Waals surface area contributed by atoms with E-state index in [1.54, 1.807) is 7.11 Å². The van der Waals surface area contributed by atoms with E-state index in [0.717, 1.165) is 25.5 Å². The van der Waals surface area contributed by atoms with Crippen molar-refractivity contribution >= 4 is 40.8 Å². The Morgan fingerprint density at radius 1 is 1.35 bits per heavy atom. The molecule has 3 N–H and O–H groups in total. The number of hydrogen-bond donors (Lipinski definition) is 3. The van der Waals surface area contributed by atoms with Crippen LogP contribution in [0.15, 0.2) is 35.5 Å². The maximum absolute atomic E-state index is 5.14. The van der Waals surface area contributed by atoms with Gasteiger partial charge in [0.05, 0.1) is 6.61 Å². The lowest BCUT2D eigenvalue weighted by molar-refractivity contribution is 0.179. The van der Waals surface area contributed by atoms with Crippen molar-refractivity contribution in [2.75, 3.05) is 26.8 Å². The van der Waals surface area contributed by atoms with Crippen molar-refractivity contribution < 1.29 is 4.74 Å². The Balaban J connectivity index is 0.00000264. The molecule has 0 fully saturated rings. The third kappa shape index (κ3) is 6.02. The highest BCUT2D eigenvalue weighted by Gasteiger charge is 2.05. The van der Waals surface area contributed by atoms with Crippen molar-refractivity contribution in [1.29, 1.82) is 0 Å². The molecule has 0 bridgehead atoms. The number of hydrogen-bond acceptors (Lipinski definition) is 2. The predicted octanol–water partition coefficient (Wildman–Crippen LogP) is 2.92. The van der Waals surface area contributed by atoms with Crippen molar-refractivity contribution in [1.82, 2.24) is 15.6 Å². The maximum Gasteiger partial charge on any atom is 0.191 e. The number of para-hydroxylation sites is 1. The number of rotatable bonds is 7. The van der Waals surface area contributed by atoms with Crippen molar-refractivity contribution in [3.8, 4) is 0 Å². The zero-order chi connectivity index (χ0) is 15.8. The number of fused-ring (bicyclic) bond motifs is 1. The predicted molar refractivity (Wildman–Crippen MR) is 108 cm³/mol. The highest BCUT2D eigenvalue weighted by molar-refractivity contribution is 14.0. The molecule has 0 amide bonds. The molecule has 6 heteroatoms. The van der Waals surface area contributed by atoms with Crippen LogP contribution < -0.4 is 10.6 Å². The first kappa shape index (κ1) is 19.8. The molecule has 5 nitrogen and oxygen atoms in total. The molecule has 0 aliphatic rings. The summed E-state index contributed by atoms with van der Waals surface area (Å²) in [6.07, 6.45) is 2.99. The van der Waals surface area contributed by atoms with Crippen LogP contribution in [-0.4, -0.2) is 43.8 Å². The summed E-state index contributed by atoms with van der Waals surface area (Å²) in [5.74, 6) is 0.840. The first-order valence-corrected chi connectivity index (χ1v) is 7.83. The van der Waals surface area contributed by atoms with E-state index in [1.165, 1.54) is 16.5 Å². The smallest absolute Gasteiger partial charge is 0.191 e. The third-order valence-electron chi connectivity index (χ3n) is 3.47. The molecule has 2 aromatic rings. The number of nitrogens with zero attached hydrogens (tertiary/aromatic N) is 1.